The third-order valence-electron chi connectivity index (χ3n) is 4.79. The Morgan fingerprint density at radius 1 is 1.15 bits per heavy atom. The molecule has 4 rings (SSSR count). The van der Waals surface area contributed by atoms with Crippen molar-refractivity contribution in [2.75, 3.05) is 14.1 Å². The van der Waals surface area contributed by atoms with Crippen LogP contribution in [-0.2, 0) is 4.79 Å². The normalized spacial score (nSPS) is 19.3. The first-order valence-electron chi connectivity index (χ1n) is 8.44. The van der Waals surface area contributed by atoms with E-state index in [1.807, 2.05) is 30.3 Å². The van der Waals surface area contributed by atoms with Crippen LogP contribution in [0.4, 0.5) is 4.79 Å². The van der Waals surface area contributed by atoms with Crippen LogP contribution in [0.2, 0.25) is 0 Å². The number of imide groups is 1. The number of fused-ring (bicyclic) bond motifs is 2. The van der Waals surface area contributed by atoms with Crippen molar-refractivity contribution in [1.29, 1.82) is 0 Å². The lowest BCUT2D eigenvalue weighted by atomic mass is 9.97. The summed E-state index contributed by atoms with van der Waals surface area (Å²) in [6.45, 7) is 0. The van der Waals surface area contributed by atoms with Crippen LogP contribution in [0.3, 0.4) is 0 Å². The zero-order chi connectivity index (χ0) is 19.1. The molecule has 2 aliphatic heterocycles. The number of nitrogens with one attached hydrogen (secondary N) is 1. The molecule has 0 saturated carbocycles. The summed E-state index contributed by atoms with van der Waals surface area (Å²) in [7, 11) is 2.97. The first-order valence-corrected chi connectivity index (χ1v) is 8.44. The van der Waals surface area contributed by atoms with Crippen molar-refractivity contribution >= 4 is 40.7 Å². The SMILES string of the molecule is CN1C(=O)C2C(NC(=O)c3ccc4ccccc4c3)=CC=NC2=[N+](C)C1=O. The molecule has 2 aliphatic rings. The van der Waals surface area contributed by atoms with Crippen molar-refractivity contribution in [3.8, 4) is 0 Å². The fraction of sp³-hybridized carbons (Fsp3) is 0.150. The van der Waals surface area contributed by atoms with E-state index in [0.717, 1.165) is 15.7 Å². The van der Waals surface area contributed by atoms with Gasteiger partial charge < -0.3 is 5.32 Å². The van der Waals surface area contributed by atoms with Gasteiger partial charge in [0.25, 0.3) is 11.7 Å². The summed E-state index contributed by atoms with van der Waals surface area (Å²) in [6.07, 6.45) is 3.06. The molecular weight excluding hydrogens is 344 g/mol. The number of amidine groups is 1. The van der Waals surface area contributed by atoms with Crippen molar-refractivity contribution in [2.45, 2.75) is 0 Å². The highest BCUT2D eigenvalue weighted by molar-refractivity contribution is 6.16. The molecule has 1 N–H and O–H groups in total. The highest BCUT2D eigenvalue weighted by Gasteiger charge is 2.47. The monoisotopic (exact) mass is 361 g/mol. The Labute approximate surface area is 155 Å². The molecule has 4 amide bonds. The van der Waals surface area contributed by atoms with Gasteiger partial charge in [0.05, 0.1) is 14.1 Å². The summed E-state index contributed by atoms with van der Waals surface area (Å²) in [5.74, 6) is -1.25. The number of rotatable bonds is 2. The second-order valence-corrected chi connectivity index (χ2v) is 6.45. The van der Waals surface area contributed by atoms with Gasteiger partial charge in [-0.1, -0.05) is 30.3 Å². The van der Waals surface area contributed by atoms with Crippen molar-refractivity contribution in [2.24, 2.45) is 10.9 Å². The average molecular weight is 361 g/mol. The lowest BCUT2D eigenvalue weighted by Crippen LogP contribution is -2.54. The molecule has 0 saturated heterocycles. The minimum atomic E-state index is -0.813. The van der Waals surface area contributed by atoms with E-state index in [-0.39, 0.29) is 5.91 Å². The number of allylic oxidation sites excluding steroid dienone is 1. The highest BCUT2D eigenvalue weighted by Crippen LogP contribution is 2.23. The third kappa shape index (κ3) is 2.73. The third-order valence-corrected chi connectivity index (χ3v) is 4.79. The maximum atomic E-state index is 12.8. The van der Waals surface area contributed by atoms with Crippen molar-refractivity contribution in [3.05, 3.63) is 59.8 Å². The van der Waals surface area contributed by atoms with Gasteiger partial charge in [0.15, 0.2) is 5.92 Å². The van der Waals surface area contributed by atoms with Gasteiger partial charge in [-0.3, -0.25) is 9.59 Å². The zero-order valence-corrected chi connectivity index (χ0v) is 14.8. The number of urea groups is 1. The molecule has 7 nitrogen and oxygen atoms in total. The van der Waals surface area contributed by atoms with Crippen LogP contribution in [0.5, 0.6) is 0 Å². The smallest absolute Gasteiger partial charge is 0.324 e. The number of benzene rings is 2. The fourth-order valence-electron chi connectivity index (χ4n) is 3.29. The molecule has 0 bridgehead atoms. The minimum absolute atomic E-state index is 0.305. The summed E-state index contributed by atoms with van der Waals surface area (Å²) < 4.78 is 1.32. The number of hydrogen-bond donors (Lipinski definition) is 1. The van der Waals surface area contributed by atoms with E-state index >= 15 is 0 Å². The molecular formula is C20H17N4O3+. The predicted octanol–water partition coefficient (Wildman–Crippen LogP) is 1.79. The van der Waals surface area contributed by atoms with Crippen molar-refractivity contribution in [1.82, 2.24) is 10.2 Å². The van der Waals surface area contributed by atoms with Crippen LogP contribution in [-0.4, -0.2) is 53.5 Å². The Morgan fingerprint density at radius 2 is 1.89 bits per heavy atom. The van der Waals surface area contributed by atoms with Crippen LogP contribution in [0, 0.1) is 5.92 Å². The van der Waals surface area contributed by atoms with E-state index in [9.17, 15) is 14.4 Å². The van der Waals surface area contributed by atoms with Gasteiger partial charge in [0, 0.05) is 11.3 Å². The van der Waals surface area contributed by atoms with Crippen molar-refractivity contribution in [3.63, 3.8) is 0 Å². The second-order valence-electron chi connectivity index (χ2n) is 6.45. The number of nitrogens with zero attached hydrogens (tertiary/aromatic N) is 3. The molecule has 2 aromatic rings. The number of carbonyl (C=O) groups excluding carboxylic acids is 3. The van der Waals surface area contributed by atoms with E-state index < -0.39 is 17.9 Å². The number of dihydropyridines is 1. The zero-order valence-electron chi connectivity index (χ0n) is 14.8. The Balaban J connectivity index is 1.66. The molecule has 0 aliphatic carbocycles. The summed E-state index contributed by atoms with van der Waals surface area (Å²) in [6, 6.07) is 12.7. The van der Waals surface area contributed by atoms with Crippen LogP contribution >= 0.6 is 0 Å². The van der Waals surface area contributed by atoms with Crippen molar-refractivity contribution < 1.29 is 19.0 Å². The van der Waals surface area contributed by atoms with E-state index in [2.05, 4.69) is 10.3 Å². The Morgan fingerprint density at radius 3 is 2.67 bits per heavy atom. The Bertz CT molecular complexity index is 1100. The van der Waals surface area contributed by atoms with Crippen LogP contribution < -0.4 is 5.32 Å². The molecule has 0 fully saturated rings. The number of carbonyl (C=O) groups is 3. The molecule has 0 spiro atoms. The Kier molecular flexibility index (Phi) is 3.92. The lowest BCUT2D eigenvalue weighted by molar-refractivity contribution is -0.407. The number of hydrogen-bond acceptors (Lipinski definition) is 4. The molecule has 2 heterocycles. The summed E-state index contributed by atoms with van der Waals surface area (Å²) >= 11 is 0. The van der Waals surface area contributed by atoms with E-state index in [0.29, 0.717) is 17.1 Å². The summed E-state index contributed by atoms with van der Waals surface area (Å²) in [5.41, 5.74) is 0.883. The molecule has 134 valence electrons. The first kappa shape index (κ1) is 16.8. The van der Waals surface area contributed by atoms with Gasteiger partial charge >= 0.3 is 11.9 Å². The minimum Gasteiger partial charge on any atom is -0.324 e. The lowest BCUT2D eigenvalue weighted by Gasteiger charge is -2.26. The number of amides is 4. The molecule has 0 radical (unpaired) electrons. The molecule has 1 atom stereocenters. The maximum absolute atomic E-state index is 12.8. The topological polar surface area (TPSA) is 81.8 Å². The van der Waals surface area contributed by atoms with E-state index in [1.165, 1.54) is 17.8 Å². The number of aliphatic imine (C=N–C) groups is 1. The quantitative estimate of drug-likeness (QED) is 0.828. The van der Waals surface area contributed by atoms with Gasteiger partial charge in [-0.25, -0.2) is 4.79 Å². The van der Waals surface area contributed by atoms with Gasteiger partial charge in [0.2, 0.25) is 0 Å². The second kappa shape index (κ2) is 6.28. The van der Waals surface area contributed by atoms with E-state index in [4.69, 9.17) is 0 Å². The first-order chi connectivity index (χ1) is 13.0. The fourth-order valence-corrected chi connectivity index (χ4v) is 3.29. The molecule has 27 heavy (non-hydrogen) atoms. The van der Waals surface area contributed by atoms with Crippen LogP contribution in [0.25, 0.3) is 10.8 Å². The van der Waals surface area contributed by atoms with Gasteiger partial charge in [-0.05, 0) is 29.0 Å². The predicted molar refractivity (Wildman–Crippen MR) is 101 cm³/mol. The maximum Gasteiger partial charge on any atom is 0.445 e. The largest absolute Gasteiger partial charge is 0.445 e. The van der Waals surface area contributed by atoms with Crippen LogP contribution in [0.1, 0.15) is 10.4 Å². The van der Waals surface area contributed by atoms with Gasteiger partial charge in [-0.15, -0.1) is 4.99 Å². The molecule has 7 heteroatoms. The van der Waals surface area contributed by atoms with Gasteiger partial charge in [-0.2, -0.15) is 9.48 Å². The molecule has 2 aromatic carbocycles. The van der Waals surface area contributed by atoms with Crippen LogP contribution in [0.15, 0.2) is 59.2 Å². The summed E-state index contributed by atoms with van der Waals surface area (Å²) in [4.78, 5) is 42.7. The molecule has 1 unspecified atom stereocenters. The summed E-state index contributed by atoms with van der Waals surface area (Å²) in [5, 5.41) is 4.80. The van der Waals surface area contributed by atoms with E-state index in [1.54, 1.807) is 25.3 Å². The molecule has 0 aromatic heterocycles. The van der Waals surface area contributed by atoms with Gasteiger partial charge in [0.1, 0.15) is 6.21 Å². The highest BCUT2D eigenvalue weighted by atomic mass is 16.2. The average Bonchev–Trinajstić information content (AvgIpc) is 2.70. The standard InChI is InChI=1S/C20H16N4O3/c1-23-17-16(19(26)24(2)20(23)27)15(9-10-21-17)22-18(25)14-8-7-12-5-3-4-6-13(12)11-14/h3-11,16H,1-2H3/p+1. The Hall–Kier alpha value is -3.61.